The van der Waals surface area contributed by atoms with Crippen LogP contribution in [0.1, 0.15) is 37.5 Å². The van der Waals surface area contributed by atoms with Gasteiger partial charge in [-0.15, -0.1) is 0 Å². The minimum atomic E-state index is -4.01. The van der Waals surface area contributed by atoms with Crippen molar-refractivity contribution in [2.75, 3.05) is 24.9 Å². The lowest BCUT2D eigenvalue weighted by atomic mass is 10.1. The predicted octanol–water partition coefficient (Wildman–Crippen LogP) is 3.51. The standard InChI is InChI=1S/C25H35ClN4O4S/c1-17(2)27-25(32)20(5)29(15-21-9-8-10-22(26)14-21)24(31)16-30(35(33,34)28(6)7)23-13-18(3)11-12-19(23)4/h8-14,17,20H,15-16H2,1-7H3,(H,27,32)/t20-/m1/s1. The fourth-order valence-electron chi connectivity index (χ4n) is 3.51. The van der Waals surface area contributed by atoms with Crippen molar-refractivity contribution in [1.29, 1.82) is 0 Å². The van der Waals surface area contributed by atoms with E-state index in [-0.39, 0.29) is 18.5 Å². The molecule has 0 aliphatic heterocycles. The Morgan fingerprint density at radius 1 is 1.03 bits per heavy atom. The summed E-state index contributed by atoms with van der Waals surface area (Å²) in [7, 11) is -1.17. The number of aryl methyl sites for hydroxylation is 2. The van der Waals surface area contributed by atoms with Gasteiger partial charge in [-0.05, 0) is 69.5 Å². The Bertz CT molecular complexity index is 1170. The third-order valence-electron chi connectivity index (χ3n) is 5.49. The van der Waals surface area contributed by atoms with E-state index >= 15 is 0 Å². The highest BCUT2D eigenvalue weighted by Crippen LogP contribution is 2.26. The number of halogens is 1. The third kappa shape index (κ3) is 7.43. The first kappa shape index (κ1) is 28.6. The van der Waals surface area contributed by atoms with Crippen LogP contribution in [0.15, 0.2) is 42.5 Å². The molecular weight excluding hydrogens is 488 g/mol. The molecule has 0 aromatic heterocycles. The molecule has 8 nitrogen and oxygen atoms in total. The number of nitrogens with zero attached hydrogens (tertiary/aromatic N) is 3. The van der Waals surface area contributed by atoms with Gasteiger partial charge in [0.05, 0.1) is 5.69 Å². The van der Waals surface area contributed by atoms with Crippen molar-refractivity contribution in [2.24, 2.45) is 0 Å². The molecule has 35 heavy (non-hydrogen) atoms. The molecule has 0 spiro atoms. The topological polar surface area (TPSA) is 90.0 Å². The first-order valence-corrected chi connectivity index (χ1v) is 13.1. The van der Waals surface area contributed by atoms with Gasteiger partial charge in [0.2, 0.25) is 11.8 Å². The lowest BCUT2D eigenvalue weighted by Gasteiger charge is -2.33. The minimum Gasteiger partial charge on any atom is -0.352 e. The van der Waals surface area contributed by atoms with Crippen LogP contribution in [0.3, 0.4) is 0 Å². The molecule has 0 saturated heterocycles. The molecule has 2 rings (SSSR count). The number of nitrogens with one attached hydrogen (secondary N) is 1. The van der Waals surface area contributed by atoms with Gasteiger partial charge in [-0.2, -0.15) is 12.7 Å². The largest absolute Gasteiger partial charge is 0.352 e. The number of hydrogen-bond donors (Lipinski definition) is 1. The molecule has 2 aromatic rings. The summed E-state index contributed by atoms with van der Waals surface area (Å²) in [6, 6.07) is 11.5. The molecule has 2 amide bonds. The molecule has 1 N–H and O–H groups in total. The van der Waals surface area contributed by atoms with Gasteiger partial charge in [0.1, 0.15) is 12.6 Å². The molecule has 1 atom stereocenters. The predicted molar refractivity (Wildman–Crippen MR) is 141 cm³/mol. The molecule has 0 saturated carbocycles. The van der Waals surface area contributed by atoms with Crippen molar-refractivity contribution >= 4 is 39.3 Å². The van der Waals surface area contributed by atoms with Crippen LogP contribution >= 0.6 is 11.6 Å². The summed E-state index contributed by atoms with van der Waals surface area (Å²) >= 11 is 6.13. The van der Waals surface area contributed by atoms with Gasteiger partial charge in [0.25, 0.3) is 0 Å². The number of anilines is 1. The van der Waals surface area contributed by atoms with E-state index in [1.54, 1.807) is 44.2 Å². The normalized spacial score (nSPS) is 12.5. The molecule has 192 valence electrons. The summed E-state index contributed by atoms with van der Waals surface area (Å²) in [6.07, 6.45) is 0. The van der Waals surface area contributed by atoms with Crippen LogP contribution in [0.5, 0.6) is 0 Å². The van der Waals surface area contributed by atoms with Gasteiger partial charge in [0, 0.05) is 31.7 Å². The van der Waals surface area contributed by atoms with E-state index in [1.165, 1.54) is 19.0 Å². The molecule has 10 heteroatoms. The van der Waals surface area contributed by atoms with E-state index in [1.807, 2.05) is 32.9 Å². The van der Waals surface area contributed by atoms with Gasteiger partial charge < -0.3 is 10.2 Å². The van der Waals surface area contributed by atoms with Gasteiger partial charge in [0.15, 0.2) is 0 Å². The van der Waals surface area contributed by atoms with E-state index in [0.717, 1.165) is 19.7 Å². The second kappa shape index (κ2) is 11.9. The summed E-state index contributed by atoms with van der Waals surface area (Å²) in [5.41, 5.74) is 2.70. The Labute approximate surface area is 214 Å². The monoisotopic (exact) mass is 522 g/mol. The first-order valence-electron chi connectivity index (χ1n) is 11.4. The van der Waals surface area contributed by atoms with Gasteiger partial charge in [-0.1, -0.05) is 35.9 Å². The Balaban J connectivity index is 2.51. The molecule has 0 radical (unpaired) electrons. The number of carbonyl (C=O) groups is 2. The highest BCUT2D eigenvalue weighted by atomic mass is 35.5. The zero-order valence-corrected chi connectivity index (χ0v) is 22.9. The van der Waals surface area contributed by atoms with Gasteiger partial charge in [-0.25, -0.2) is 4.31 Å². The average Bonchev–Trinajstić information content (AvgIpc) is 2.76. The van der Waals surface area contributed by atoms with Gasteiger partial charge in [-0.3, -0.25) is 9.59 Å². The van der Waals surface area contributed by atoms with Crippen molar-refractivity contribution in [3.63, 3.8) is 0 Å². The van der Waals surface area contributed by atoms with Crippen LogP contribution in [-0.4, -0.2) is 62.2 Å². The fraction of sp³-hybridized carbons (Fsp3) is 0.440. The molecule has 0 unspecified atom stereocenters. The summed E-state index contributed by atoms with van der Waals surface area (Å²) in [5.74, 6) is -0.841. The lowest BCUT2D eigenvalue weighted by molar-refractivity contribution is -0.139. The first-order chi connectivity index (χ1) is 16.2. The Hall–Kier alpha value is -2.62. The average molecular weight is 523 g/mol. The zero-order valence-electron chi connectivity index (χ0n) is 21.4. The second-order valence-corrected chi connectivity index (χ2v) is 11.6. The summed E-state index contributed by atoms with van der Waals surface area (Å²) in [6.45, 7) is 8.57. The van der Waals surface area contributed by atoms with E-state index in [4.69, 9.17) is 11.6 Å². The molecule has 2 aromatic carbocycles. The highest BCUT2D eigenvalue weighted by molar-refractivity contribution is 7.90. The SMILES string of the molecule is Cc1ccc(C)c(N(CC(=O)N(Cc2cccc(Cl)c2)[C@H](C)C(=O)NC(C)C)S(=O)(=O)N(C)C)c1. The van der Waals surface area contributed by atoms with Crippen LogP contribution in [-0.2, 0) is 26.3 Å². The smallest absolute Gasteiger partial charge is 0.304 e. The van der Waals surface area contributed by atoms with Crippen LogP contribution in [0, 0.1) is 13.8 Å². The maximum Gasteiger partial charge on any atom is 0.304 e. The van der Waals surface area contributed by atoms with E-state index in [9.17, 15) is 18.0 Å². The van der Waals surface area contributed by atoms with Crippen LogP contribution in [0.25, 0.3) is 0 Å². The Kier molecular flexibility index (Phi) is 9.71. The highest BCUT2D eigenvalue weighted by Gasteiger charge is 2.33. The van der Waals surface area contributed by atoms with Crippen molar-refractivity contribution in [2.45, 2.75) is 53.2 Å². The third-order valence-corrected chi connectivity index (χ3v) is 7.53. The molecule has 0 heterocycles. The van der Waals surface area contributed by atoms with Crippen LogP contribution in [0.4, 0.5) is 5.69 Å². The summed E-state index contributed by atoms with van der Waals surface area (Å²) in [4.78, 5) is 27.9. The maximum atomic E-state index is 13.7. The lowest BCUT2D eigenvalue weighted by Crippen LogP contribution is -2.53. The molecule has 0 aliphatic rings. The molecule has 0 fully saturated rings. The molecular formula is C25H35ClN4O4S. The zero-order chi connectivity index (χ0) is 26.5. The van der Waals surface area contributed by atoms with E-state index in [0.29, 0.717) is 16.3 Å². The number of benzene rings is 2. The molecule has 0 aliphatic carbocycles. The van der Waals surface area contributed by atoms with Crippen LogP contribution < -0.4 is 9.62 Å². The maximum absolute atomic E-state index is 13.7. The summed E-state index contributed by atoms with van der Waals surface area (Å²) < 4.78 is 28.7. The van der Waals surface area contributed by atoms with Crippen molar-refractivity contribution in [1.82, 2.24) is 14.5 Å². The quantitative estimate of drug-likeness (QED) is 0.517. The summed E-state index contributed by atoms with van der Waals surface area (Å²) in [5, 5.41) is 3.33. The minimum absolute atomic E-state index is 0.0920. The number of rotatable bonds is 10. The molecule has 0 bridgehead atoms. The van der Waals surface area contributed by atoms with Crippen LogP contribution in [0.2, 0.25) is 5.02 Å². The Morgan fingerprint density at radius 2 is 1.69 bits per heavy atom. The van der Waals surface area contributed by atoms with E-state index < -0.39 is 28.7 Å². The van der Waals surface area contributed by atoms with Crippen molar-refractivity contribution in [3.8, 4) is 0 Å². The van der Waals surface area contributed by atoms with E-state index in [2.05, 4.69) is 5.32 Å². The van der Waals surface area contributed by atoms with Crippen molar-refractivity contribution < 1.29 is 18.0 Å². The number of carbonyl (C=O) groups excluding carboxylic acids is 2. The Morgan fingerprint density at radius 3 is 2.26 bits per heavy atom. The number of amides is 2. The van der Waals surface area contributed by atoms with Crippen molar-refractivity contribution in [3.05, 3.63) is 64.2 Å². The fourth-order valence-corrected chi connectivity index (χ4v) is 4.84. The number of hydrogen-bond acceptors (Lipinski definition) is 4. The second-order valence-electron chi connectivity index (χ2n) is 9.08. The van der Waals surface area contributed by atoms with Gasteiger partial charge >= 0.3 is 10.2 Å².